The Morgan fingerprint density at radius 1 is 1.62 bits per heavy atom. The monoisotopic (exact) mass is 228 g/mol. The quantitative estimate of drug-likeness (QED) is 0.755. The molecule has 1 heterocycles. The summed E-state index contributed by atoms with van der Waals surface area (Å²) in [5, 5.41) is 5.48. The van der Waals surface area contributed by atoms with Gasteiger partial charge in [-0.05, 0) is 19.3 Å². The van der Waals surface area contributed by atoms with Gasteiger partial charge in [0.15, 0.2) is 0 Å². The van der Waals surface area contributed by atoms with Crippen LogP contribution in [0.15, 0.2) is 0 Å². The minimum atomic E-state index is -0.791. The molecule has 92 valence electrons. The number of nitrogens with one attached hydrogen (secondary N) is 2. The molecule has 0 aromatic heterocycles. The van der Waals surface area contributed by atoms with Crippen LogP contribution in [0.25, 0.3) is 0 Å². The first-order valence-electron chi connectivity index (χ1n) is 5.80. The Morgan fingerprint density at radius 2 is 2.31 bits per heavy atom. The normalized spacial score (nSPS) is 26.1. The summed E-state index contributed by atoms with van der Waals surface area (Å²) in [6.45, 7) is 6.63. The summed E-state index contributed by atoms with van der Waals surface area (Å²) >= 11 is 0. The van der Waals surface area contributed by atoms with E-state index in [0.29, 0.717) is 19.6 Å². The fraction of sp³-hybridized carbons (Fsp3) is 0.818. The highest BCUT2D eigenvalue weighted by Gasteiger charge is 2.47. The van der Waals surface area contributed by atoms with Gasteiger partial charge in [-0.15, -0.1) is 0 Å². The molecule has 2 unspecified atom stereocenters. The van der Waals surface area contributed by atoms with Crippen molar-refractivity contribution in [2.75, 3.05) is 13.2 Å². The van der Waals surface area contributed by atoms with Crippen LogP contribution in [0, 0.1) is 5.92 Å². The standard InChI is InChI=1S/C11H20N2O3/c1-4-8(3)11(6-7-12-9(11)14)13-10(15)16-5-2/h8H,4-7H2,1-3H3,(H,12,14)(H,13,15). The smallest absolute Gasteiger partial charge is 0.407 e. The molecule has 2 N–H and O–H groups in total. The molecule has 5 nitrogen and oxygen atoms in total. The Balaban J connectivity index is 2.79. The Kier molecular flexibility index (Phi) is 4.15. The van der Waals surface area contributed by atoms with Crippen LogP contribution in [0.4, 0.5) is 4.79 Å². The van der Waals surface area contributed by atoms with Crippen molar-refractivity contribution in [3.63, 3.8) is 0 Å². The van der Waals surface area contributed by atoms with Gasteiger partial charge >= 0.3 is 6.09 Å². The Morgan fingerprint density at radius 3 is 2.75 bits per heavy atom. The largest absolute Gasteiger partial charge is 0.450 e. The first kappa shape index (κ1) is 12.8. The first-order chi connectivity index (χ1) is 7.56. The van der Waals surface area contributed by atoms with Crippen LogP contribution in [0.5, 0.6) is 0 Å². The van der Waals surface area contributed by atoms with E-state index in [9.17, 15) is 9.59 Å². The van der Waals surface area contributed by atoms with Crippen molar-refractivity contribution < 1.29 is 14.3 Å². The molecule has 0 aromatic rings. The van der Waals surface area contributed by atoms with Gasteiger partial charge in [-0.3, -0.25) is 4.79 Å². The zero-order valence-electron chi connectivity index (χ0n) is 10.1. The molecular weight excluding hydrogens is 208 g/mol. The predicted octanol–water partition coefficient (Wildman–Crippen LogP) is 1.04. The Hall–Kier alpha value is -1.26. The van der Waals surface area contributed by atoms with Crippen molar-refractivity contribution in [2.24, 2.45) is 5.92 Å². The number of ether oxygens (including phenoxy) is 1. The van der Waals surface area contributed by atoms with E-state index in [1.165, 1.54) is 0 Å². The SMILES string of the molecule is CCOC(=O)NC1(C(C)CC)CCNC1=O. The number of carbonyl (C=O) groups is 2. The zero-order chi connectivity index (χ0) is 12.2. The minimum Gasteiger partial charge on any atom is -0.450 e. The lowest BCUT2D eigenvalue weighted by molar-refractivity contribution is -0.126. The molecule has 0 saturated carbocycles. The summed E-state index contributed by atoms with van der Waals surface area (Å²) in [5.74, 6) is -0.00527. The number of carbonyl (C=O) groups excluding carboxylic acids is 2. The maximum atomic E-state index is 11.9. The van der Waals surface area contributed by atoms with Gasteiger partial charge in [0.05, 0.1) is 6.61 Å². The lowest BCUT2D eigenvalue weighted by atomic mass is 9.82. The number of rotatable bonds is 4. The van der Waals surface area contributed by atoms with E-state index < -0.39 is 11.6 Å². The first-order valence-corrected chi connectivity index (χ1v) is 5.80. The molecular formula is C11H20N2O3. The van der Waals surface area contributed by atoms with Crippen LogP contribution < -0.4 is 10.6 Å². The molecule has 5 heteroatoms. The fourth-order valence-corrected chi connectivity index (χ4v) is 2.05. The van der Waals surface area contributed by atoms with E-state index in [0.717, 1.165) is 6.42 Å². The van der Waals surface area contributed by atoms with Gasteiger partial charge in [0, 0.05) is 6.54 Å². The minimum absolute atomic E-state index is 0.0967. The molecule has 0 aliphatic carbocycles. The van der Waals surface area contributed by atoms with Crippen LogP contribution in [-0.4, -0.2) is 30.7 Å². The van der Waals surface area contributed by atoms with E-state index in [4.69, 9.17) is 4.74 Å². The Bertz CT molecular complexity index is 280. The number of hydrogen-bond donors (Lipinski definition) is 2. The molecule has 16 heavy (non-hydrogen) atoms. The zero-order valence-corrected chi connectivity index (χ0v) is 10.1. The fourth-order valence-electron chi connectivity index (χ4n) is 2.05. The lowest BCUT2D eigenvalue weighted by Crippen LogP contribution is -2.57. The van der Waals surface area contributed by atoms with Crippen molar-refractivity contribution in [2.45, 2.75) is 39.2 Å². The summed E-state index contributed by atoms with van der Waals surface area (Å²) in [6.07, 6.45) is 0.944. The second kappa shape index (κ2) is 5.18. The Labute approximate surface area is 95.9 Å². The van der Waals surface area contributed by atoms with Gasteiger partial charge in [-0.1, -0.05) is 20.3 Å². The third-order valence-corrected chi connectivity index (χ3v) is 3.26. The third kappa shape index (κ3) is 2.28. The van der Waals surface area contributed by atoms with Crippen LogP contribution in [0.3, 0.4) is 0 Å². The maximum Gasteiger partial charge on any atom is 0.407 e. The average Bonchev–Trinajstić information content (AvgIpc) is 2.60. The van der Waals surface area contributed by atoms with Crippen LogP contribution in [0.2, 0.25) is 0 Å². The van der Waals surface area contributed by atoms with Crippen molar-refractivity contribution in [1.82, 2.24) is 10.6 Å². The number of amides is 2. The van der Waals surface area contributed by atoms with Gasteiger partial charge in [0.2, 0.25) is 5.91 Å². The van der Waals surface area contributed by atoms with Gasteiger partial charge in [0.1, 0.15) is 5.54 Å². The van der Waals surface area contributed by atoms with Crippen LogP contribution in [-0.2, 0) is 9.53 Å². The van der Waals surface area contributed by atoms with Crippen LogP contribution in [0.1, 0.15) is 33.6 Å². The van der Waals surface area contributed by atoms with E-state index in [2.05, 4.69) is 10.6 Å². The van der Waals surface area contributed by atoms with Crippen molar-refractivity contribution >= 4 is 12.0 Å². The molecule has 2 amide bonds. The molecule has 0 aromatic carbocycles. The molecule has 1 saturated heterocycles. The van der Waals surface area contributed by atoms with E-state index in [1.54, 1.807) is 6.92 Å². The molecule has 1 aliphatic heterocycles. The predicted molar refractivity (Wildman–Crippen MR) is 60.0 cm³/mol. The van der Waals surface area contributed by atoms with E-state index in [-0.39, 0.29) is 11.8 Å². The molecule has 1 aliphatic rings. The van der Waals surface area contributed by atoms with E-state index in [1.807, 2.05) is 13.8 Å². The average molecular weight is 228 g/mol. The van der Waals surface area contributed by atoms with Gasteiger partial charge in [-0.2, -0.15) is 0 Å². The molecule has 1 fully saturated rings. The summed E-state index contributed by atoms with van der Waals surface area (Å²) < 4.78 is 4.84. The number of hydrogen-bond acceptors (Lipinski definition) is 3. The van der Waals surface area contributed by atoms with Gasteiger partial charge < -0.3 is 15.4 Å². The second-order valence-electron chi connectivity index (χ2n) is 4.13. The lowest BCUT2D eigenvalue weighted by Gasteiger charge is -2.32. The summed E-state index contributed by atoms with van der Waals surface area (Å²) in [6, 6.07) is 0. The van der Waals surface area contributed by atoms with E-state index >= 15 is 0 Å². The molecule has 2 atom stereocenters. The van der Waals surface area contributed by atoms with Crippen molar-refractivity contribution in [3.8, 4) is 0 Å². The van der Waals surface area contributed by atoms with Gasteiger partial charge in [0.25, 0.3) is 0 Å². The second-order valence-corrected chi connectivity index (χ2v) is 4.13. The highest BCUT2D eigenvalue weighted by molar-refractivity contribution is 5.92. The van der Waals surface area contributed by atoms with Crippen molar-refractivity contribution in [3.05, 3.63) is 0 Å². The molecule has 1 rings (SSSR count). The third-order valence-electron chi connectivity index (χ3n) is 3.26. The van der Waals surface area contributed by atoms with Crippen molar-refractivity contribution in [1.29, 1.82) is 0 Å². The maximum absolute atomic E-state index is 11.9. The highest BCUT2D eigenvalue weighted by Crippen LogP contribution is 2.28. The summed E-state index contributed by atoms with van der Waals surface area (Å²) in [4.78, 5) is 23.3. The molecule has 0 radical (unpaired) electrons. The molecule has 0 spiro atoms. The van der Waals surface area contributed by atoms with Crippen LogP contribution >= 0.6 is 0 Å². The summed E-state index contributed by atoms with van der Waals surface area (Å²) in [7, 11) is 0. The van der Waals surface area contributed by atoms with Gasteiger partial charge in [-0.25, -0.2) is 4.79 Å². The highest BCUT2D eigenvalue weighted by atomic mass is 16.5. The topological polar surface area (TPSA) is 67.4 Å². The molecule has 0 bridgehead atoms. The number of alkyl carbamates (subject to hydrolysis) is 1. The summed E-state index contributed by atoms with van der Waals surface area (Å²) in [5.41, 5.74) is -0.791.